The van der Waals surface area contributed by atoms with Crippen molar-refractivity contribution in [1.82, 2.24) is 14.9 Å². The Labute approximate surface area is 179 Å². The molecule has 1 saturated heterocycles. The number of rotatable bonds is 8. The minimum Gasteiger partial charge on any atom is -0.394 e. The fourth-order valence-electron chi connectivity index (χ4n) is 3.94. The number of nitrogens with one attached hydrogen (secondary N) is 2. The Balaban J connectivity index is 2.02. The highest BCUT2D eigenvalue weighted by atomic mass is 16.5. The van der Waals surface area contributed by atoms with Gasteiger partial charge in [0.2, 0.25) is 5.91 Å². The lowest BCUT2D eigenvalue weighted by Gasteiger charge is -2.29. The van der Waals surface area contributed by atoms with Gasteiger partial charge in [0.1, 0.15) is 12.3 Å². The minimum atomic E-state index is -1.19. The summed E-state index contributed by atoms with van der Waals surface area (Å²) in [4.78, 5) is 39.3. The van der Waals surface area contributed by atoms with E-state index in [-0.39, 0.29) is 11.8 Å². The van der Waals surface area contributed by atoms with Crippen LogP contribution >= 0.6 is 0 Å². The standard InChI is InChI=1S/C22H29N3O6/c1-13(2)11-23-20(29)15(10-14-6-4-3-5-7-14)18-19(28)16(12-26)31-21(18)25-9-8-17(27)24-22(25)30/h3-9,13,15-16,18-19,21,26,28H,10-12H2,1-2H3,(H,23,29)(H,24,27,30)/t15-,16+,18+,19+,21+/m0/s1. The van der Waals surface area contributed by atoms with E-state index in [1.165, 1.54) is 12.3 Å². The number of benzene rings is 1. The van der Waals surface area contributed by atoms with Gasteiger partial charge in [0.25, 0.3) is 5.56 Å². The third-order valence-corrected chi connectivity index (χ3v) is 5.51. The molecule has 2 heterocycles. The number of aliphatic hydroxyl groups excluding tert-OH is 2. The van der Waals surface area contributed by atoms with Crippen LogP contribution in [0.2, 0.25) is 0 Å². The van der Waals surface area contributed by atoms with Crippen LogP contribution in [0.5, 0.6) is 0 Å². The number of aliphatic hydroxyl groups is 2. The van der Waals surface area contributed by atoms with Crippen LogP contribution < -0.4 is 16.6 Å². The van der Waals surface area contributed by atoms with E-state index in [1.54, 1.807) is 0 Å². The van der Waals surface area contributed by atoms with Crippen molar-refractivity contribution in [1.29, 1.82) is 0 Å². The summed E-state index contributed by atoms with van der Waals surface area (Å²) < 4.78 is 6.95. The Hall–Kier alpha value is -2.75. The number of H-pyrrole nitrogens is 1. The van der Waals surface area contributed by atoms with Crippen molar-refractivity contribution in [3.8, 4) is 0 Å². The van der Waals surface area contributed by atoms with E-state index in [4.69, 9.17) is 4.74 Å². The quantitative estimate of drug-likeness (QED) is 0.466. The van der Waals surface area contributed by atoms with E-state index in [0.29, 0.717) is 13.0 Å². The minimum absolute atomic E-state index is 0.230. The summed E-state index contributed by atoms with van der Waals surface area (Å²) in [5, 5.41) is 23.6. The van der Waals surface area contributed by atoms with Crippen molar-refractivity contribution >= 4 is 5.91 Å². The second kappa shape index (κ2) is 10.0. The van der Waals surface area contributed by atoms with Crippen LogP contribution in [0.4, 0.5) is 0 Å². The Morgan fingerprint density at radius 3 is 2.55 bits per heavy atom. The second-order valence-corrected chi connectivity index (χ2v) is 8.27. The number of aromatic nitrogens is 2. The van der Waals surface area contributed by atoms with Crippen molar-refractivity contribution in [2.45, 2.75) is 38.7 Å². The molecule has 3 rings (SSSR count). The monoisotopic (exact) mass is 431 g/mol. The molecule has 0 spiro atoms. The lowest BCUT2D eigenvalue weighted by atomic mass is 9.81. The molecule has 9 heteroatoms. The molecule has 1 aliphatic heterocycles. The summed E-state index contributed by atoms with van der Waals surface area (Å²) in [6.45, 7) is 3.94. The van der Waals surface area contributed by atoms with Gasteiger partial charge in [-0.3, -0.25) is 19.1 Å². The van der Waals surface area contributed by atoms with Crippen molar-refractivity contribution < 1.29 is 19.7 Å². The maximum Gasteiger partial charge on any atom is 0.330 e. The van der Waals surface area contributed by atoms with E-state index in [9.17, 15) is 24.6 Å². The van der Waals surface area contributed by atoms with Gasteiger partial charge in [-0.05, 0) is 17.9 Å². The zero-order chi connectivity index (χ0) is 22.5. The number of aromatic amines is 1. The van der Waals surface area contributed by atoms with Gasteiger partial charge in [0.15, 0.2) is 0 Å². The SMILES string of the molecule is CC(C)CNC(=O)[C@@H](Cc1ccccc1)[C@@H]1[C@H](O)[C@@H](CO)O[C@H]1n1ccc(=O)[nH]c1=O. The van der Waals surface area contributed by atoms with Crippen LogP contribution in [-0.2, 0) is 16.0 Å². The lowest BCUT2D eigenvalue weighted by molar-refractivity contribution is -0.129. The van der Waals surface area contributed by atoms with Crippen LogP contribution in [0.15, 0.2) is 52.2 Å². The summed E-state index contributed by atoms with van der Waals surface area (Å²) in [5.41, 5.74) is -0.390. The van der Waals surface area contributed by atoms with Gasteiger partial charge in [-0.2, -0.15) is 0 Å². The fraction of sp³-hybridized carbons (Fsp3) is 0.500. The highest BCUT2D eigenvalue weighted by molar-refractivity contribution is 5.79. The zero-order valence-electron chi connectivity index (χ0n) is 17.6. The molecular formula is C22H29N3O6. The maximum atomic E-state index is 13.2. The molecule has 2 aromatic rings. The van der Waals surface area contributed by atoms with Crippen molar-refractivity contribution in [3.63, 3.8) is 0 Å². The van der Waals surface area contributed by atoms with E-state index >= 15 is 0 Å². The van der Waals surface area contributed by atoms with Gasteiger partial charge in [-0.15, -0.1) is 0 Å². The topological polar surface area (TPSA) is 134 Å². The maximum absolute atomic E-state index is 13.2. The molecule has 4 N–H and O–H groups in total. The molecule has 0 aliphatic carbocycles. The summed E-state index contributed by atoms with van der Waals surface area (Å²) in [5.74, 6) is -1.61. The summed E-state index contributed by atoms with van der Waals surface area (Å²) in [6, 6.07) is 10.5. The molecule has 31 heavy (non-hydrogen) atoms. The first-order chi connectivity index (χ1) is 14.8. The van der Waals surface area contributed by atoms with Gasteiger partial charge in [0.05, 0.1) is 18.6 Å². The van der Waals surface area contributed by atoms with Crippen LogP contribution in [0.25, 0.3) is 0 Å². The van der Waals surface area contributed by atoms with Crippen LogP contribution in [0.1, 0.15) is 25.6 Å². The molecule has 0 radical (unpaired) electrons. The second-order valence-electron chi connectivity index (χ2n) is 8.27. The third-order valence-electron chi connectivity index (χ3n) is 5.51. The molecule has 5 atom stereocenters. The Kier molecular flexibility index (Phi) is 7.42. The third kappa shape index (κ3) is 5.30. The van der Waals surface area contributed by atoms with Gasteiger partial charge < -0.3 is 20.3 Å². The summed E-state index contributed by atoms with van der Waals surface area (Å²) in [6.07, 6.45) is -1.60. The van der Waals surface area contributed by atoms with Crippen molar-refractivity contribution in [3.05, 3.63) is 69.0 Å². The number of nitrogens with zero attached hydrogens (tertiary/aromatic N) is 1. The lowest BCUT2D eigenvalue weighted by Crippen LogP contribution is -2.45. The first-order valence-corrected chi connectivity index (χ1v) is 10.4. The van der Waals surface area contributed by atoms with Gasteiger partial charge in [0, 0.05) is 24.7 Å². The molecule has 168 valence electrons. The molecule has 0 saturated carbocycles. The predicted molar refractivity (Wildman–Crippen MR) is 113 cm³/mol. The predicted octanol–water partition coefficient (Wildman–Crippen LogP) is 0.0345. The zero-order valence-corrected chi connectivity index (χ0v) is 17.6. The first-order valence-electron chi connectivity index (χ1n) is 10.4. The Morgan fingerprint density at radius 1 is 1.23 bits per heavy atom. The van der Waals surface area contributed by atoms with Crippen LogP contribution in [-0.4, -0.2) is 51.0 Å². The largest absolute Gasteiger partial charge is 0.394 e. The number of carbonyl (C=O) groups excluding carboxylic acids is 1. The van der Waals surface area contributed by atoms with Crippen LogP contribution in [0, 0.1) is 17.8 Å². The molecule has 9 nitrogen and oxygen atoms in total. The highest BCUT2D eigenvalue weighted by Gasteiger charge is 2.50. The summed E-state index contributed by atoms with van der Waals surface area (Å²) in [7, 11) is 0. The molecule has 1 fully saturated rings. The van der Waals surface area contributed by atoms with Gasteiger partial charge in [-0.1, -0.05) is 44.2 Å². The normalized spacial score (nSPS) is 24.3. The first kappa shape index (κ1) is 22.9. The van der Waals surface area contributed by atoms with E-state index in [1.807, 2.05) is 44.2 Å². The average molecular weight is 431 g/mol. The molecule has 0 unspecified atom stereocenters. The highest BCUT2D eigenvalue weighted by Crippen LogP contribution is 2.40. The molecule has 1 aromatic carbocycles. The number of ether oxygens (including phenoxy) is 1. The Morgan fingerprint density at radius 2 is 1.94 bits per heavy atom. The molecular weight excluding hydrogens is 402 g/mol. The summed E-state index contributed by atoms with van der Waals surface area (Å²) >= 11 is 0. The number of hydrogen-bond acceptors (Lipinski definition) is 6. The number of carbonyl (C=O) groups is 1. The van der Waals surface area contributed by atoms with E-state index in [0.717, 1.165) is 10.1 Å². The van der Waals surface area contributed by atoms with Crippen LogP contribution in [0.3, 0.4) is 0 Å². The average Bonchev–Trinajstić information content (AvgIpc) is 3.06. The van der Waals surface area contributed by atoms with Crippen molar-refractivity contribution in [2.75, 3.05) is 13.2 Å². The molecule has 0 bridgehead atoms. The van der Waals surface area contributed by atoms with Gasteiger partial charge >= 0.3 is 5.69 Å². The van der Waals surface area contributed by atoms with Gasteiger partial charge in [-0.25, -0.2) is 4.79 Å². The smallest absolute Gasteiger partial charge is 0.330 e. The van der Waals surface area contributed by atoms with E-state index in [2.05, 4.69) is 10.3 Å². The number of hydrogen-bond donors (Lipinski definition) is 4. The van der Waals surface area contributed by atoms with E-state index < -0.39 is 48.1 Å². The Bertz CT molecular complexity index is 986. The fourth-order valence-corrected chi connectivity index (χ4v) is 3.94. The molecule has 1 aliphatic rings. The molecule has 1 aromatic heterocycles. The number of amides is 1. The molecule has 1 amide bonds. The van der Waals surface area contributed by atoms with Crippen molar-refractivity contribution in [2.24, 2.45) is 17.8 Å².